The van der Waals surface area contributed by atoms with Gasteiger partial charge in [-0.05, 0) is 39.8 Å². The minimum atomic E-state index is -0.204. The molecule has 1 aromatic rings. The van der Waals surface area contributed by atoms with Crippen LogP contribution in [0.3, 0.4) is 0 Å². The Morgan fingerprint density at radius 2 is 2.11 bits per heavy atom. The van der Waals surface area contributed by atoms with E-state index in [2.05, 4.69) is 22.9 Å². The third kappa shape index (κ3) is 4.00. The fourth-order valence-electron chi connectivity index (χ4n) is 4.37. The van der Waals surface area contributed by atoms with E-state index in [4.69, 9.17) is 4.74 Å². The Labute approximate surface area is 160 Å². The molecule has 3 rings (SSSR count). The number of piperidine rings is 1. The SMILES string of the molecule is COc1ccccc1[C@@H](C)NC(=O)CC1=C(C)C2C(C)NCCC2NC1=O. The highest BCUT2D eigenvalue weighted by Gasteiger charge is 2.39. The molecule has 0 bridgehead atoms. The molecular formula is C21H29N3O3. The number of methoxy groups -OCH3 is 1. The van der Waals surface area contributed by atoms with E-state index in [0.717, 1.165) is 29.9 Å². The van der Waals surface area contributed by atoms with E-state index >= 15 is 0 Å². The Morgan fingerprint density at radius 1 is 1.37 bits per heavy atom. The minimum absolute atomic E-state index is 0.0904. The van der Waals surface area contributed by atoms with E-state index in [9.17, 15) is 9.59 Å². The molecule has 2 aliphatic rings. The minimum Gasteiger partial charge on any atom is -0.496 e. The predicted octanol–water partition coefficient (Wildman–Crippen LogP) is 2.08. The van der Waals surface area contributed by atoms with Crippen molar-refractivity contribution in [3.8, 4) is 5.75 Å². The normalized spacial score (nSPS) is 26.1. The lowest BCUT2D eigenvalue weighted by Gasteiger charge is -2.42. The zero-order valence-corrected chi connectivity index (χ0v) is 16.5. The summed E-state index contributed by atoms with van der Waals surface area (Å²) in [5.41, 5.74) is 2.54. The summed E-state index contributed by atoms with van der Waals surface area (Å²) in [5.74, 6) is 0.711. The average Bonchev–Trinajstić information content (AvgIpc) is 2.64. The maximum absolute atomic E-state index is 12.6. The van der Waals surface area contributed by atoms with E-state index < -0.39 is 0 Å². The van der Waals surface area contributed by atoms with Gasteiger partial charge in [0.25, 0.3) is 0 Å². The number of fused-ring (bicyclic) bond motifs is 1. The lowest BCUT2D eigenvalue weighted by Crippen LogP contribution is -2.57. The van der Waals surface area contributed by atoms with E-state index in [1.54, 1.807) is 7.11 Å². The van der Waals surface area contributed by atoms with Crippen LogP contribution in [0, 0.1) is 5.92 Å². The molecular weight excluding hydrogens is 342 g/mol. The van der Waals surface area contributed by atoms with Gasteiger partial charge in [0, 0.05) is 29.1 Å². The van der Waals surface area contributed by atoms with Crippen LogP contribution in [0.25, 0.3) is 0 Å². The second-order valence-electron chi connectivity index (χ2n) is 7.51. The van der Waals surface area contributed by atoms with Gasteiger partial charge in [-0.2, -0.15) is 0 Å². The van der Waals surface area contributed by atoms with Crippen LogP contribution < -0.4 is 20.7 Å². The van der Waals surface area contributed by atoms with Gasteiger partial charge in [-0.1, -0.05) is 23.8 Å². The van der Waals surface area contributed by atoms with Crippen LogP contribution in [-0.2, 0) is 9.59 Å². The van der Waals surface area contributed by atoms with E-state index in [0.29, 0.717) is 5.57 Å². The number of hydrogen-bond acceptors (Lipinski definition) is 4. The predicted molar refractivity (Wildman–Crippen MR) is 104 cm³/mol. The van der Waals surface area contributed by atoms with Crippen molar-refractivity contribution in [2.45, 2.75) is 51.7 Å². The Balaban J connectivity index is 1.73. The standard InChI is InChI=1S/C21H29N3O3/c1-12-16(21(26)24-17-9-10-22-14(3)20(12)17)11-19(25)23-13(2)15-7-5-6-8-18(15)27-4/h5-8,13-14,17,20,22H,9-11H2,1-4H3,(H,23,25)(H,24,26)/t13-,14?,17?,20?/m1/s1. The van der Waals surface area contributed by atoms with Gasteiger partial charge in [-0.3, -0.25) is 9.59 Å². The Hall–Kier alpha value is -2.34. The molecule has 3 unspecified atom stereocenters. The third-order valence-corrected chi connectivity index (χ3v) is 5.78. The molecule has 1 fully saturated rings. The van der Waals surface area contributed by atoms with Gasteiger partial charge in [0.1, 0.15) is 5.75 Å². The Morgan fingerprint density at radius 3 is 2.85 bits per heavy atom. The molecule has 6 nitrogen and oxygen atoms in total. The summed E-state index contributed by atoms with van der Waals surface area (Å²) in [6.07, 6.45) is 1.01. The average molecular weight is 371 g/mol. The second-order valence-corrected chi connectivity index (χ2v) is 7.51. The van der Waals surface area contributed by atoms with Crippen molar-refractivity contribution in [3.05, 3.63) is 41.0 Å². The molecule has 1 aromatic carbocycles. The fraction of sp³-hybridized carbons (Fsp3) is 0.524. The van der Waals surface area contributed by atoms with Gasteiger partial charge in [-0.15, -0.1) is 0 Å². The summed E-state index contributed by atoms with van der Waals surface area (Å²) in [4.78, 5) is 25.2. The molecule has 1 saturated heterocycles. The van der Waals surface area contributed by atoms with Crippen molar-refractivity contribution in [3.63, 3.8) is 0 Å². The summed E-state index contributed by atoms with van der Waals surface area (Å²) >= 11 is 0. The van der Waals surface area contributed by atoms with Crippen LogP contribution in [0.4, 0.5) is 0 Å². The maximum Gasteiger partial charge on any atom is 0.247 e. The number of para-hydroxylation sites is 1. The second kappa shape index (κ2) is 8.13. The zero-order chi connectivity index (χ0) is 19.6. The zero-order valence-electron chi connectivity index (χ0n) is 16.5. The van der Waals surface area contributed by atoms with Crippen molar-refractivity contribution < 1.29 is 14.3 Å². The molecule has 0 radical (unpaired) electrons. The first kappa shape index (κ1) is 19.4. The van der Waals surface area contributed by atoms with Crippen molar-refractivity contribution in [1.82, 2.24) is 16.0 Å². The van der Waals surface area contributed by atoms with E-state index in [-0.39, 0.29) is 42.3 Å². The fourth-order valence-corrected chi connectivity index (χ4v) is 4.37. The van der Waals surface area contributed by atoms with Crippen LogP contribution in [-0.4, -0.2) is 37.6 Å². The van der Waals surface area contributed by atoms with Gasteiger partial charge in [0.2, 0.25) is 11.8 Å². The van der Waals surface area contributed by atoms with Crippen LogP contribution in [0.5, 0.6) is 5.75 Å². The lowest BCUT2D eigenvalue weighted by atomic mass is 9.76. The first-order valence-corrected chi connectivity index (χ1v) is 9.58. The molecule has 146 valence electrons. The summed E-state index contributed by atoms with van der Waals surface area (Å²) in [6, 6.07) is 7.86. The molecule has 3 N–H and O–H groups in total. The number of nitrogens with one attached hydrogen (secondary N) is 3. The number of carbonyl (C=O) groups excluding carboxylic acids is 2. The third-order valence-electron chi connectivity index (χ3n) is 5.78. The van der Waals surface area contributed by atoms with E-state index in [1.807, 2.05) is 38.1 Å². The number of rotatable bonds is 5. The quantitative estimate of drug-likeness (QED) is 0.740. The van der Waals surface area contributed by atoms with Crippen LogP contribution in [0.15, 0.2) is 35.4 Å². The highest BCUT2D eigenvalue weighted by atomic mass is 16.5. The highest BCUT2D eigenvalue weighted by Crippen LogP contribution is 2.32. The Kier molecular flexibility index (Phi) is 5.85. The summed E-state index contributed by atoms with van der Waals surface area (Å²) < 4.78 is 5.37. The molecule has 27 heavy (non-hydrogen) atoms. The van der Waals surface area contributed by atoms with Crippen LogP contribution in [0.2, 0.25) is 0 Å². The number of benzene rings is 1. The maximum atomic E-state index is 12.6. The first-order chi connectivity index (χ1) is 12.9. The molecule has 0 aromatic heterocycles. The molecule has 2 heterocycles. The number of amides is 2. The molecule has 6 heteroatoms. The molecule has 2 amide bonds. The first-order valence-electron chi connectivity index (χ1n) is 9.58. The van der Waals surface area contributed by atoms with E-state index in [1.165, 1.54) is 0 Å². The van der Waals surface area contributed by atoms with Crippen molar-refractivity contribution in [1.29, 1.82) is 0 Å². The van der Waals surface area contributed by atoms with Gasteiger partial charge >= 0.3 is 0 Å². The summed E-state index contributed by atoms with van der Waals surface area (Å²) in [5, 5.41) is 9.56. The van der Waals surface area contributed by atoms with Gasteiger partial charge in [0.05, 0.1) is 19.6 Å². The molecule has 0 saturated carbocycles. The van der Waals surface area contributed by atoms with Gasteiger partial charge in [-0.25, -0.2) is 0 Å². The highest BCUT2D eigenvalue weighted by molar-refractivity contribution is 6.00. The Bertz CT molecular complexity index is 759. The number of carbonyl (C=O) groups is 2. The topological polar surface area (TPSA) is 79.5 Å². The van der Waals surface area contributed by atoms with Crippen molar-refractivity contribution >= 4 is 11.8 Å². The summed E-state index contributed by atoms with van der Waals surface area (Å²) in [7, 11) is 1.61. The molecule has 4 atom stereocenters. The lowest BCUT2D eigenvalue weighted by molar-refractivity contribution is -0.124. The van der Waals surface area contributed by atoms with Gasteiger partial charge < -0.3 is 20.7 Å². The van der Waals surface area contributed by atoms with Crippen molar-refractivity contribution in [2.24, 2.45) is 5.92 Å². The monoisotopic (exact) mass is 371 g/mol. The van der Waals surface area contributed by atoms with Crippen LogP contribution >= 0.6 is 0 Å². The van der Waals surface area contributed by atoms with Gasteiger partial charge in [0.15, 0.2) is 0 Å². The van der Waals surface area contributed by atoms with Crippen LogP contribution in [0.1, 0.15) is 45.2 Å². The largest absolute Gasteiger partial charge is 0.496 e. The molecule has 2 aliphatic heterocycles. The molecule has 0 aliphatic carbocycles. The smallest absolute Gasteiger partial charge is 0.247 e. The van der Waals surface area contributed by atoms with Crippen molar-refractivity contribution in [2.75, 3.05) is 13.7 Å². The summed E-state index contributed by atoms with van der Waals surface area (Å²) in [6.45, 7) is 6.95. The molecule has 0 spiro atoms. The number of ether oxygens (including phenoxy) is 1. The number of hydrogen-bond donors (Lipinski definition) is 3.